The van der Waals surface area contributed by atoms with Gasteiger partial charge in [0.15, 0.2) is 5.11 Å². The van der Waals surface area contributed by atoms with Crippen molar-refractivity contribution in [1.29, 1.82) is 0 Å². The number of thiocarbonyl (C=S) groups is 1. The highest BCUT2D eigenvalue weighted by Crippen LogP contribution is 2.25. The average molecular weight is 483 g/mol. The van der Waals surface area contributed by atoms with Gasteiger partial charge in [0.05, 0.1) is 0 Å². The molecule has 0 saturated carbocycles. The Labute approximate surface area is 205 Å². The fraction of sp³-hybridized carbons (Fsp3) is 0.423. The molecule has 2 aliphatic rings. The topological polar surface area (TPSA) is 64.7 Å². The van der Waals surface area contributed by atoms with Gasteiger partial charge in [0, 0.05) is 37.4 Å². The number of nitrogens with one attached hydrogen (secondary N) is 2. The van der Waals surface area contributed by atoms with E-state index in [4.69, 9.17) is 12.2 Å². The van der Waals surface area contributed by atoms with E-state index in [0.29, 0.717) is 23.8 Å². The highest BCUT2D eigenvalue weighted by Gasteiger charge is 2.36. The normalized spacial score (nSPS) is 17.4. The van der Waals surface area contributed by atoms with Gasteiger partial charge in [0.1, 0.15) is 11.9 Å². The Balaban J connectivity index is 1.42. The average Bonchev–Trinajstić information content (AvgIpc) is 3.39. The third-order valence-electron chi connectivity index (χ3n) is 6.75. The number of carbonyl (C=O) groups is 2. The summed E-state index contributed by atoms with van der Waals surface area (Å²) in [6.07, 6.45) is 3.49. The third kappa shape index (κ3) is 5.73. The lowest BCUT2D eigenvalue weighted by Gasteiger charge is -2.38. The van der Waals surface area contributed by atoms with Crippen molar-refractivity contribution in [3.8, 4) is 0 Å². The molecule has 2 saturated heterocycles. The minimum atomic E-state index is -0.550. The third-order valence-corrected chi connectivity index (χ3v) is 7.11. The summed E-state index contributed by atoms with van der Waals surface area (Å²) in [5, 5.41) is 6.81. The lowest BCUT2D eigenvalue weighted by Crippen LogP contribution is -2.54. The summed E-state index contributed by atoms with van der Waals surface area (Å²) >= 11 is 5.56. The van der Waals surface area contributed by atoms with Gasteiger partial charge in [-0.2, -0.15) is 0 Å². The van der Waals surface area contributed by atoms with Crippen LogP contribution in [0.5, 0.6) is 0 Å². The summed E-state index contributed by atoms with van der Waals surface area (Å²) in [5.41, 5.74) is 2.23. The zero-order valence-corrected chi connectivity index (χ0v) is 20.2. The first-order chi connectivity index (χ1) is 16.4. The summed E-state index contributed by atoms with van der Waals surface area (Å²) in [4.78, 5) is 30.4. The van der Waals surface area contributed by atoms with Gasteiger partial charge in [0.25, 0.3) is 5.91 Å². The van der Waals surface area contributed by atoms with Crippen LogP contribution in [0.2, 0.25) is 0 Å². The molecular formula is C26H31FN4O2S. The molecular weight excluding hydrogens is 451 g/mol. The molecule has 180 valence electrons. The van der Waals surface area contributed by atoms with Crippen LogP contribution in [0, 0.1) is 18.7 Å². The summed E-state index contributed by atoms with van der Waals surface area (Å²) in [7, 11) is 0. The van der Waals surface area contributed by atoms with Crippen LogP contribution in [0.4, 0.5) is 10.1 Å². The SMILES string of the molecule is Cc1ccccc1C(=O)N[C@@H](C(=O)N1CCCC1)C1CCN(C(=S)Nc2ccc(F)cc2)CC1. The van der Waals surface area contributed by atoms with E-state index in [0.717, 1.165) is 50.0 Å². The van der Waals surface area contributed by atoms with Gasteiger partial charge in [-0.3, -0.25) is 9.59 Å². The van der Waals surface area contributed by atoms with E-state index in [9.17, 15) is 14.0 Å². The molecule has 0 radical (unpaired) electrons. The van der Waals surface area contributed by atoms with Crippen molar-refractivity contribution in [2.75, 3.05) is 31.5 Å². The zero-order valence-electron chi connectivity index (χ0n) is 19.4. The Hall–Kier alpha value is -3.00. The first-order valence-corrected chi connectivity index (χ1v) is 12.3. The number of benzene rings is 2. The molecule has 2 amide bonds. The molecule has 8 heteroatoms. The number of hydrogen-bond donors (Lipinski definition) is 2. The van der Waals surface area contributed by atoms with E-state index in [1.54, 1.807) is 18.2 Å². The Bertz CT molecular complexity index is 1030. The van der Waals surface area contributed by atoms with Crippen LogP contribution in [-0.4, -0.2) is 58.9 Å². The number of halogens is 1. The van der Waals surface area contributed by atoms with E-state index in [2.05, 4.69) is 15.5 Å². The lowest BCUT2D eigenvalue weighted by atomic mass is 9.88. The highest BCUT2D eigenvalue weighted by atomic mass is 32.1. The van der Waals surface area contributed by atoms with Gasteiger partial charge < -0.3 is 20.4 Å². The number of piperidine rings is 1. The molecule has 6 nitrogen and oxygen atoms in total. The van der Waals surface area contributed by atoms with Crippen LogP contribution >= 0.6 is 12.2 Å². The predicted molar refractivity (Wildman–Crippen MR) is 135 cm³/mol. The molecule has 0 unspecified atom stereocenters. The predicted octanol–water partition coefficient (Wildman–Crippen LogP) is 3.96. The van der Waals surface area contributed by atoms with Crippen LogP contribution in [0.15, 0.2) is 48.5 Å². The lowest BCUT2D eigenvalue weighted by molar-refractivity contribution is -0.134. The van der Waals surface area contributed by atoms with Crippen LogP contribution in [0.25, 0.3) is 0 Å². The Morgan fingerprint density at radius 3 is 2.26 bits per heavy atom. The second-order valence-corrected chi connectivity index (χ2v) is 9.45. The standard InChI is InChI=1S/C26H31FN4O2S/c1-18-6-2-3-7-22(18)24(32)29-23(25(33)30-14-4-5-15-30)19-12-16-31(17-13-19)26(34)28-21-10-8-20(27)9-11-21/h2-3,6-11,19,23H,4-5,12-17H2,1H3,(H,28,34)(H,29,32)/t23-/m1/s1. The molecule has 2 aromatic carbocycles. The van der Waals surface area contributed by atoms with Gasteiger partial charge in [0.2, 0.25) is 5.91 Å². The summed E-state index contributed by atoms with van der Waals surface area (Å²) in [6, 6.07) is 13.0. The minimum Gasteiger partial charge on any atom is -0.349 e. The van der Waals surface area contributed by atoms with Crippen molar-refractivity contribution in [1.82, 2.24) is 15.1 Å². The largest absolute Gasteiger partial charge is 0.349 e. The number of likely N-dealkylation sites (tertiary alicyclic amines) is 2. The molecule has 2 heterocycles. The number of hydrogen-bond acceptors (Lipinski definition) is 3. The number of amides is 2. The Morgan fingerprint density at radius 1 is 0.971 bits per heavy atom. The number of anilines is 1. The van der Waals surface area contributed by atoms with Crippen LogP contribution in [0.3, 0.4) is 0 Å². The highest BCUT2D eigenvalue weighted by molar-refractivity contribution is 7.80. The van der Waals surface area contributed by atoms with Gasteiger partial charge >= 0.3 is 0 Å². The second-order valence-electron chi connectivity index (χ2n) is 9.06. The summed E-state index contributed by atoms with van der Waals surface area (Å²) in [5.74, 6) is -0.443. The maximum absolute atomic E-state index is 13.4. The van der Waals surface area contributed by atoms with Crippen LogP contribution < -0.4 is 10.6 Å². The Morgan fingerprint density at radius 2 is 1.62 bits per heavy atom. The molecule has 2 aliphatic heterocycles. The van der Waals surface area contributed by atoms with Crippen molar-refractivity contribution in [2.45, 2.75) is 38.6 Å². The fourth-order valence-electron chi connectivity index (χ4n) is 4.73. The molecule has 0 aliphatic carbocycles. The van der Waals surface area contributed by atoms with Crippen LogP contribution in [-0.2, 0) is 4.79 Å². The fourth-order valence-corrected chi connectivity index (χ4v) is 5.03. The summed E-state index contributed by atoms with van der Waals surface area (Å²) in [6.45, 7) is 4.77. The minimum absolute atomic E-state index is 0.0184. The molecule has 0 bridgehead atoms. The number of rotatable bonds is 5. The van der Waals surface area contributed by atoms with Crippen molar-refractivity contribution >= 4 is 34.8 Å². The van der Waals surface area contributed by atoms with Crippen molar-refractivity contribution < 1.29 is 14.0 Å². The molecule has 0 aromatic heterocycles. The number of aryl methyl sites for hydroxylation is 1. The van der Waals surface area contributed by atoms with Crippen molar-refractivity contribution in [2.24, 2.45) is 5.92 Å². The van der Waals surface area contributed by atoms with Gasteiger partial charge in [-0.05, 0) is 86.6 Å². The molecule has 2 N–H and O–H groups in total. The van der Waals surface area contributed by atoms with Gasteiger partial charge in [-0.1, -0.05) is 18.2 Å². The number of nitrogens with zero attached hydrogens (tertiary/aromatic N) is 2. The van der Waals surface area contributed by atoms with Crippen LogP contribution in [0.1, 0.15) is 41.6 Å². The molecule has 34 heavy (non-hydrogen) atoms. The van der Waals surface area contributed by atoms with Gasteiger partial charge in [-0.15, -0.1) is 0 Å². The Kier molecular flexibility index (Phi) is 7.77. The molecule has 2 aromatic rings. The molecule has 4 rings (SSSR count). The zero-order chi connectivity index (χ0) is 24.1. The maximum atomic E-state index is 13.4. The van der Waals surface area contributed by atoms with E-state index in [1.807, 2.05) is 30.0 Å². The molecule has 0 spiro atoms. The van der Waals surface area contributed by atoms with E-state index in [1.165, 1.54) is 12.1 Å². The smallest absolute Gasteiger partial charge is 0.252 e. The van der Waals surface area contributed by atoms with E-state index < -0.39 is 6.04 Å². The van der Waals surface area contributed by atoms with Gasteiger partial charge in [-0.25, -0.2) is 4.39 Å². The van der Waals surface area contributed by atoms with Crippen molar-refractivity contribution in [3.63, 3.8) is 0 Å². The van der Waals surface area contributed by atoms with E-state index in [-0.39, 0.29) is 23.5 Å². The quantitative estimate of drug-likeness (QED) is 0.632. The maximum Gasteiger partial charge on any atom is 0.252 e. The number of carbonyl (C=O) groups excluding carboxylic acids is 2. The molecule has 1 atom stereocenters. The van der Waals surface area contributed by atoms with Crippen molar-refractivity contribution in [3.05, 3.63) is 65.5 Å². The second kappa shape index (κ2) is 11.0. The summed E-state index contributed by atoms with van der Waals surface area (Å²) < 4.78 is 13.2. The first kappa shape index (κ1) is 24.1. The van der Waals surface area contributed by atoms with E-state index >= 15 is 0 Å². The first-order valence-electron chi connectivity index (χ1n) is 11.9. The molecule has 2 fully saturated rings. The monoisotopic (exact) mass is 482 g/mol.